The number of phenolic OH excluding ortho intramolecular Hbond substituents is 1. The topological polar surface area (TPSA) is 78.9 Å². The van der Waals surface area contributed by atoms with Crippen LogP contribution in [0.2, 0.25) is 0 Å². The number of morpholine rings is 1. The molecule has 2 rings (SSSR count). The van der Waals surface area contributed by atoms with Crippen LogP contribution in [-0.2, 0) is 9.53 Å². The Morgan fingerprint density at radius 1 is 1.33 bits per heavy atom. The van der Waals surface area contributed by atoms with E-state index in [1.54, 1.807) is 17.0 Å². The molecule has 0 atom stereocenters. The largest absolute Gasteiger partial charge is 0.507 e. The van der Waals surface area contributed by atoms with E-state index in [1.807, 2.05) is 0 Å². The Bertz CT molecular complexity index is 530. The third kappa shape index (κ3) is 4.44. The van der Waals surface area contributed by atoms with Crippen LogP contribution < -0.4 is 5.32 Å². The number of carbonyl (C=O) groups is 2. The molecule has 2 N–H and O–H groups in total. The lowest BCUT2D eigenvalue weighted by molar-refractivity contribution is -0.135. The van der Waals surface area contributed by atoms with Gasteiger partial charge in [-0.25, -0.2) is 0 Å². The molecule has 0 saturated carbocycles. The van der Waals surface area contributed by atoms with Gasteiger partial charge in [0, 0.05) is 31.6 Å². The Labute approximate surface area is 131 Å². The van der Waals surface area contributed by atoms with Gasteiger partial charge in [0.25, 0.3) is 5.91 Å². The zero-order valence-corrected chi connectivity index (χ0v) is 13.1. The summed E-state index contributed by atoms with van der Waals surface area (Å²) in [5.41, 5.74) is 0.356. The summed E-state index contributed by atoms with van der Waals surface area (Å²) in [7, 11) is 0. The summed E-state index contributed by atoms with van der Waals surface area (Å²) in [6, 6.07) is 4.58. The zero-order chi connectivity index (χ0) is 15.2. The van der Waals surface area contributed by atoms with Gasteiger partial charge in [-0.1, -0.05) is 0 Å². The summed E-state index contributed by atoms with van der Waals surface area (Å²) in [5.74, 6) is -0.295. The predicted octanol–water partition coefficient (Wildman–Crippen LogP) is 1.13. The maximum absolute atomic E-state index is 11.9. The van der Waals surface area contributed by atoms with Gasteiger partial charge in [0.2, 0.25) is 5.91 Å². The first kappa shape index (κ1) is 15.8. The maximum Gasteiger partial charge on any atom is 0.251 e. The first-order valence-electron chi connectivity index (χ1n) is 6.70. The first-order chi connectivity index (χ1) is 10.1. The molecular formula is C14H17BrN2O4. The Kier molecular flexibility index (Phi) is 5.58. The molecule has 21 heavy (non-hydrogen) atoms. The van der Waals surface area contributed by atoms with Crippen LogP contribution in [0.3, 0.4) is 0 Å². The van der Waals surface area contributed by atoms with Gasteiger partial charge in [0.05, 0.1) is 17.7 Å². The highest BCUT2D eigenvalue weighted by Crippen LogP contribution is 2.24. The molecule has 1 aliphatic rings. The second-order valence-corrected chi connectivity index (χ2v) is 5.52. The molecule has 0 bridgehead atoms. The van der Waals surface area contributed by atoms with Crippen LogP contribution in [0.4, 0.5) is 0 Å². The van der Waals surface area contributed by atoms with Gasteiger partial charge in [0.15, 0.2) is 0 Å². The van der Waals surface area contributed by atoms with Crippen LogP contribution in [0, 0.1) is 0 Å². The second-order valence-electron chi connectivity index (χ2n) is 4.67. The molecule has 0 unspecified atom stereocenters. The summed E-state index contributed by atoms with van der Waals surface area (Å²) in [6.45, 7) is 2.61. The van der Waals surface area contributed by atoms with E-state index in [0.717, 1.165) is 0 Å². The highest BCUT2D eigenvalue weighted by molar-refractivity contribution is 9.10. The van der Waals surface area contributed by atoms with Crippen LogP contribution in [0.1, 0.15) is 16.8 Å². The van der Waals surface area contributed by atoms with Gasteiger partial charge in [-0.3, -0.25) is 9.59 Å². The summed E-state index contributed by atoms with van der Waals surface area (Å²) in [5, 5.41) is 12.2. The number of hydrogen-bond donors (Lipinski definition) is 2. The molecule has 0 spiro atoms. The van der Waals surface area contributed by atoms with E-state index in [1.165, 1.54) is 6.07 Å². The number of amides is 2. The molecule has 1 aliphatic heterocycles. The molecule has 2 amide bonds. The highest BCUT2D eigenvalue weighted by Gasteiger charge is 2.16. The lowest BCUT2D eigenvalue weighted by atomic mass is 10.2. The minimum Gasteiger partial charge on any atom is -0.507 e. The van der Waals surface area contributed by atoms with Crippen molar-refractivity contribution < 1.29 is 19.4 Å². The van der Waals surface area contributed by atoms with E-state index in [2.05, 4.69) is 21.2 Å². The number of nitrogens with one attached hydrogen (secondary N) is 1. The minimum atomic E-state index is -0.312. The number of benzene rings is 1. The quantitative estimate of drug-likeness (QED) is 0.847. The number of hydrogen-bond acceptors (Lipinski definition) is 4. The molecule has 114 valence electrons. The number of phenols is 1. The molecule has 7 heteroatoms. The van der Waals surface area contributed by atoms with Crippen molar-refractivity contribution in [1.82, 2.24) is 10.2 Å². The second kappa shape index (κ2) is 7.42. The Balaban J connectivity index is 1.78. The number of halogens is 1. The Hall–Kier alpha value is -1.60. The zero-order valence-electron chi connectivity index (χ0n) is 11.5. The van der Waals surface area contributed by atoms with E-state index in [9.17, 15) is 14.7 Å². The summed E-state index contributed by atoms with van der Waals surface area (Å²) in [6.07, 6.45) is 0.258. The summed E-state index contributed by atoms with van der Waals surface area (Å²) < 4.78 is 5.71. The van der Waals surface area contributed by atoms with Crippen molar-refractivity contribution in [2.75, 3.05) is 32.8 Å². The van der Waals surface area contributed by atoms with Crippen LogP contribution in [0.15, 0.2) is 22.7 Å². The van der Waals surface area contributed by atoms with Gasteiger partial charge in [-0.2, -0.15) is 0 Å². The van der Waals surface area contributed by atoms with Crippen LogP contribution in [-0.4, -0.2) is 54.7 Å². The van der Waals surface area contributed by atoms with Crippen molar-refractivity contribution in [3.63, 3.8) is 0 Å². The molecule has 0 aliphatic carbocycles. The predicted molar refractivity (Wildman–Crippen MR) is 80.2 cm³/mol. The molecule has 0 radical (unpaired) electrons. The van der Waals surface area contributed by atoms with E-state index >= 15 is 0 Å². The monoisotopic (exact) mass is 356 g/mol. The van der Waals surface area contributed by atoms with Crippen molar-refractivity contribution in [2.24, 2.45) is 0 Å². The van der Waals surface area contributed by atoms with Crippen molar-refractivity contribution in [3.8, 4) is 5.75 Å². The molecule has 1 saturated heterocycles. The fourth-order valence-electron chi connectivity index (χ4n) is 2.01. The smallest absolute Gasteiger partial charge is 0.251 e. The molecule has 1 heterocycles. The SMILES string of the molecule is O=C(NCCC(=O)N1CCOCC1)c1ccc(Br)c(O)c1. The van der Waals surface area contributed by atoms with E-state index in [4.69, 9.17) is 4.74 Å². The number of ether oxygens (including phenoxy) is 1. The minimum absolute atomic E-state index is 0.00652. The van der Waals surface area contributed by atoms with Crippen molar-refractivity contribution >= 4 is 27.7 Å². The molecule has 1 fully saturated rings. The highest BCUT2D eigenvalue weighted by atomic mass is 79.9. The van der Waals surface area contributed by atoms with Crippen molar-refractivity contribution in [2.45, 2.75) is 6.42 Å². The molecular weight excluding hydrogens is 340 g/mol. The van der Waals surface area contributed by atoms with Gasteiger partial charge < -0.3 is 20.1 Å². The maximum atomic E-state index is 11.9. The third-order valence-corrected chi connectivity index (χ3v) is 3.87. The van der Waals surface area contributed by atoms with Crippen molar-refractivity contribution in [1.29, 1.82) is 0 Å². The van der Waals surface area contributed by atoms with Crippen LogP contribution in [0.5, 0.6) is 5.75 Å². The molecule has 1 aromatic carbocycles. The normalized spacial score (nSPS) is 14.8. The first-order valence-corrected chi connectivity index (χ1v) is 7.49. The Morgan fingerprint density at radius 2 is 2.05 bits per heavy atom. The van der Waals surface area contributed by atoms with E-state index < -0.39 is 0 Å². The lowest BCUT2D eigenvalue weighted by Crippen LogP contribution is -2.42. The number of carbonyl (C=O) groups excluding carboxylic acids is 2. The standard InChI is InChI=1S/C14H17BrN2O4/c15-11-2-1-10(9-12(11)18)14(20)16-4-3-13(19)17-5-7-21-8-6-17/h1-2,9,18H,3-8H2,(H,16,20). The molecule has 6 nitrogen and oxygen atoms in total. The van der Waals surface area contributed by atoms with Gasteiger partial charge >= 0.3 is 0 Å². The average molecular weight is 357 g/mol. The number of rotatable bonds is 4. The van der Waals surface area contributed by atoms with E-state index in [-0.39, 0.29) is 30.5 Å². The number of nitrogens with zero attached hydrogens (tertiary/aromatic N) is 1. The van der Waals surface area contributed by atoms with Crippen molar-refractivity contribution in [3.05, 3.63) is 28.2 Å². The molecule has 1 aromatic rings. The Morgan fingerprint density at radius 3 is 2.71 bits per heavy atom. The van der Waals surface area contributed by atoms with Crippen LogP contribution >= 0.6 is 15.9 Å². The van der Waals surface area contributed by atoms with Crippen LogP contribution in [0.25, 0.3) is 0 Å². The van der Waals surface area contributed by atoms with E-state index in [0.29, 0.717) is 36.3 Å². The summed E-state index contributed by atoms with van der Waals surface area (Å²) >= 11 is 3.15. The third-order valence-electron chi connectivity index (χ3n) is 3.20. The lowest BCUT2D eigenvalue weighted by Gasteiger charge is -2.26. The fraction of sp³-hybridized carbons (Fsp3) is 0.429. The summed E-state index contributed by atoms with van der Waals surface area (Å²) in [4.78, 5) is 25.5. The number of aromatic hydroxyl groups is 1. The average Bonchev–Trinajstić information content (AvgIpc) is 2.50. The molecule has 0 aromatic heterocycles. The van der Waals surface area contributed by atoms with Gasteiger partial charge in [-0.15, -0.1) is 0 Å². The van der Waals surface area contributed by atoms with Gasteiger partial charge in [0.1, 0.15) is 5.75 Å². The fourth-order valence-corrected chi connectivity index (χ4v) is 2.26. The van der Waals surface area contributed by atoms with Gasteiger partial charge in [-0.05, 0) is 34.1 Å².